The molecule has 8 nitrogen and oxygen atoms in total. The predicted octanol–water partition coefficient (Wildman–Crippen LogP) is 2.05. The number of benzene rings is 1. The fourth-order valence-corrected chi connectivity index (χ4v) is 3.31. The summed E-state index contributed by atoms with van der Waals surface area (Å²) in [7, 11) is 3.12. The first-order valence-corrected chi connectivity index (χ1v) is 9.15. The number of nitrogens with zero attached hydrogens (tertiary/aromatic N) is 3. The molecule has 0 fully saturated rings. The van der Waals surface area contributed by atoms with E-state index in [0.717, 1.165) is 11.3 Å². The van der Waals surface area contributed by atoms with Gasteiger partial charge in [-0.3, -0.25) is 9.59 Å². The molecule has 0 unspecified atom stereocenters. The van der Waals surface area contributed by atoms with Crippen molar-refractivity contribution in [3.63, 3.8) is 0 Å². The van der Waals surface area contributed by atoms with Crippen molar-refractivity contribution in [3.8, 4) is 23.0 Å². The second-order valence-electron chi connectivity index (χ2n) is 6.63. The van der Waals surface area contributed by atoms with Gasteiger partial charge in [0.15, 0.2) is 0 Å². The van der Waals surface area contributed by atoms with E-state index in [4.69, 9.17) is 9.47 Å². The number of methoxy groups -OCH3 is 2. The zero-order valence-electron chi connectivity index (χ0n) is 16.1. The van der Waals surface area contributed by atoms with Crippen LogP contribution in [0.5, 0.6) is 11.6 Å². The number of ether oxygens (including phenoxy) is 2. The summed E-state index contributed by atoms with van der Waals surface area (Å²) >= 11 is 0. The first-order valence-electron chi connectivity index (χ1n) is 9.15. The molecule has 3 aromatic rings. The van der Waals surface area contributed by atoms with E-state index in [1.54, 1.807) is 36.3 Å². The molecule has 2 aromatic heterocycles. The van der Waals surface area contributed by atoms with Crippen LogP contribution in [0.25, 0.3) is 11.4 Å². The number of amides is 1. The zero-order chi connectivity index (χ0) is 20.4. The number of aromatic amines is 1. The summed E-state index contributed by atoms with van der Waals surface area (Å²) in [5.41, 5.74) is 2.31. The van der Waals surface area contributed by atoms with Crippen LogP contribution in [0.4, 0.5) is 0 Å². The molecule has 0 aliphatic carbocycles. The summed E-state index contributed by atoms with van der Waals surface area (Å²) in [6.45, 7) is 0.720. The largest absolute Gasteiger partial charge is 0.497 e. The lowest BCUT2D eigenvalue weighted by atomic mass is 10.0. The molecule has 148 valence electrons. The van der Waals surface area contributed by atoms with Gasteiger partial charge in [0.1, 0.15) is 11.6 Å². The van der Waals surface area contributed by atoms with Gasteiger partial charge < -0.3 is 19.4 Å². The van der Waals surface area contributed by atoms with E-state index in [2.05, 4.69) is 15.0 Å². The van der Waals surface area contributed by atoms with Crippen molar-refractivity contribution in [2.75, 3.05) is 20.8 Å². The number of rotatable bonds is 4. The van der Waals surface area contributed by atoms with Crippen molar-refractivity contribution in [2.24, 2.45) is 0 Å². The Hall–Kier alpha value is -3.68. The average Bonchev–Trinajstić information content (AvgIpc) is 2.78. The maximum Gasteiger partial charge on any atom is 0.255 e. The number of H-pyrrole nitrogens is 1. The standard InChI is InChI=1S/C21H20N4O4/c1-28-15-6-3-13(4-7-15)19-23-17-12-25(10-9-16(17)20(26)24-19)21(27)14-5-8-18(29-2)22-11-14/h3-8,11H,9-10,12H2,1-2H3,(H,23,24,26). The van der Waals surface area contributed by atoms with E-state index in [9.17, 15) is 9.59 Å². The lowest BCUT2D eigenvalue weighted by Gasteiger charge is -2.28. The molecule has 1 aliphatic heterocycles. The van der Waals surface area contributed by atoms with Crippen LogP contribution in [0.15, 0.2) is 47.4 Å². The van der Waals surface area contributed by atoms with Crippen molar-refractivity contribution < 1.29 is 14.3 Å². The number of hydrogen-bond acceptors (Lipinski definition) is 6. The summed E-state index contributed by atoms with van der Waals surface area (Å²) in [5.74, 6) is 1.48. The number of pyridine rings is 1. The first-order chi connectivity index (χ1) is 14.1. The summed E-state index contributed by atoms with van der Waals surface area (Å²) in [4.78, 5) is 38.6. The van der Waals surface area contributed by atoms with E-state index in [-0.39, 0.29) is 18.0 Å². The molecule has 29 heavy (non-hydrogen) atoms. The van der Waals surface area contributed by atoms with Gasteiger partial charge in [0.2, 0.25) is 5.88 Å². The molecule has 1 amide bonds. The molecular weight excluding hydrogens is 372 g/mol. The highest BCUT2D eigenvalue weighted by Gasteiger charge is 2.25. The lowest BCUT2D eigenvalue weighted by Crippen LogP contribution is -2.39. The molecular formula is C21H20N4O4. The van der Waals surface area contributed by atoms with Gasteiger partial charge in [-0.1, -0.05) is 0 Å². The van der Waals surface area contributed by atoms with E-state index < -0.39 is 0 Å². The molecule has 1 N–H and O–H groups in total. The quantitative estimate of drug-likeness (QED) is 0.730. The monoisotopic (exact) mass is 392 g/mol. The molecule has 1 aliphatic rings. The average molecular weight is 392 g/mol. The Bertz CT molecular complexity index is 1090. The van der Waals surface area contributed by atoms with Crippen LogP contribution in [0, 0.1) is 0 Å². The number of aromatic nitrogens is 3. The third kappa shape index (κ3) is 3.69. The van der Waals surface area contributed by atoms with Crippen molar-refractivity contribution in [1.82, 2.24) is 19.9 Å². The van der Waals surface area contributed by atoms with Gasteiger partial charge in [0.05, 0.1) is 32.0 Å². The molecule has 0 spiro atoms. The third-order valence-electron chi connectivity index (χ3n) is 4.92. The lowest BCUT2D eigenvalue weighted by molar-refractivity contribution is 0.0731. The van der Waals surface area contributed by atoms with Gasteiger partial charge >= 0.3 is 0 Å². The van der Waals surface area contributed by atoms with Crippen LogP contribution in [-0.2, 0) is 13.0 Å². The molecule has 1 aromatic carbocycles. The van der Waals surface area contributed by atoms with Crippen LogP contribution in [0.2, 0.25) is 0 Å². The number of nitrogens with one attached hydrogen (secondary N) is 1. The smallest absolute Gasteiger partial charge is 0.255 e. The Morgan fingerprint density at radius 2 is 1.90 bits per heavy atom. The third-order valence-corrected chi connectivity index (χ3v) is 4.92. The fraction of sp³-hybridized carbons (Fsp3) is 0.238. The Morgan fingerprint density at radius 1 is 1.10 bits per heavy atom. The fourth-order valence-electron chi connectivity index (χ4n) is 3.31. The Morgan fingerprint density at radius 3 is 2.55 bits per heavy atom. The van der Waals surface area contributed by atoms with Gasteiger partial charge in [-0.25, -0.2) is 9.97 Å². The first kappa shape index (κ1) is 18.7. The maximum atomic E-state index is 12.8. The molecule has 4 rings (SSSR count). The van der Waals surface area contributed by atoms with E-state index in [1.165, 1.54) is 13.3 Å². The van der Waals surface area contributed by atoms with Gasteiger partial charge in [-0.05, 0) is 36.8 Å². The molecule has 0 radical (unpaired) electrons. The van der Waals surface area contributed by atoms with Gasteiger partial charge in [0.25, 0.3) is 11.5 Å². The van der Waals surface area contributed by atoms with Crippen LogP contribution in [0.1, 0.15) is 21.6 Å². The summed E-state index contributed by atoms with van der Waals surface area (Å²) in [6.07, 6.45) is 1.95. The van der Waals surface area contributed by atoms with Crippen LogP contribution in [-0.4, -0.2) is 46.5 Å². The Labute approximate surface area is 167 Å². The van der Waals surface area contributed by atoms with Crippen LogP contribution < -0.4 is 15.0 Å². The minimum atomic E-state index is -0.168. The Kier molecular flexibility index (Phi) is 4.99. The highest BCUT2D eigenvalue weighted by atomic mass is 16.5. The Balaban J connectivity index is 1.61. The van der Waals surface area contributed by atoms with Crippen molar-refractivity contribution >= 4 is 5.91 Å². The predicted molar refractivity (Wildman–Crippen MR) is 106 cm³/mol. The summed E-state index contributed by atoms with van der Waals surface area (Å²) < 4.78 is 10.2. The summed E-state index contributed by atoms with van der Waals surface area (Å²) in [6, 6.07) is 10.6. The molecule has 0 bridgehead atoms. The topological polar surface area (TPSA) is 97.4 Å². The summed E-state index contributed by atoms with van der Waals surface area (Å²) in [5, 5.41) is 0. The number of carbonyl (C=O) groups is 1. The SMILES string of the molecule is COc1ccc(-c2nc3c(c(=O)[nH]2)CCN(C(=O)c2ccc(OC)nc2)C3)cc1. The van der Waals surface area contributed by atoms with Crippen LogP contribution in [0.3, 0.4) is 0 Å². The number of fused-ring (bicyclic) bond motifs is 1. The van der Waals surface area contributed by atoms with Crippen LogP contribution >= 0.6 is 0 Å². The van der Waals surface area contributed by atoms with Crippen molar-refractivity contribution in [1.29, 1.82) is 0 Å². The number of hydrogen-bond donors (Lipinski definition) is 1. The van der Waals surface area contributed by atoms with Gasteiger partial charge in [-0.15, -0.1) is 0 Å². The number of carbonyl (C=O) groups excluding carboxylic acids is 1. The molecule has 0 saturated heterocycles. The minimum Gasteiger partial charge on any atom is -0.497 e. The molecule has 0 saturated carbocycles. The molecule has 8 heteroatoms. The van der Waals surface area contributed by atoms with E-state index >= 15 is 0 Å². The normalized spacial score (nSPS) is 13.0. The van der Waals surface area contributed by atoms with Crippen molar-refractivity contribution in [2.45, 2.75) is 13.0 Å². The van der Waals surface area contributed by atoms with Crippen molar-refractivity contribution in [3.05, 3.63) is 69.8 Å². The second kappa shape index (κ2) is 7.75. The van der Waals surface area contributed by atoms with E-state index in [0.29, 0.717) is 41.5 Å². The van der Waals surface area contributed by atoms with E-state index in [1.807, 2.05) is 12.1 Å². The second-order valence-corrected chi connectivity index (χ2v) is 6.63. The molecule has 3 heterocycles. The minimum absolute atomic E-state index is 0.154. The van der Waals surface area contributed by atoms with Gasteiger partial charge in [0, 0.05) is 29.9 Å². The van der Waals surface area contributed by atoms with Gasteiger partial charge in [-0.2, -0.15) is 0 Å². The maximum absolute atomic E-state index is 12.8. The zero-order valence-corrected chi connectivity index (χ0v) is 16.1. The highest BCUT2D eigenvalue weighted by Crippen LogP contribution is 2.22. The molecule has 0 atom stereocenters. The highest BCUT2D eigenvalue weighted by molar-refractivity contribution is 5.94.